The molecule has 0 spiro atoms. The van der Waals surface area contributed by atoms with Crippen LogP contribution in [0.15, 0.2) is 53.4 Å². The summed E-state index contributed by atoms with van der Waals surface area (Å²) in [7, 11) is -3.62. The van der Waals surface area contributed by atoms with Crippen LogP contribution < -0.4 is 15.4 Å². The van der Waals surface area contributed by atoms with Gasteiger partial charge < -0.3 is 10.6 Å². The average molecular weight is 391 g/mol. The highest BCUT2D eigenvalue weighted by atomic mass is 32.2. The van der Waals surface area contributed by atoms with E-state index in [0.717, 1.165) is 19.4 Å². The average Bonchev–Trinajstić information content (AvgIpc) is 2.62. The van der Waals surface area contributed by atoms with Crippen molar-refractivity contribution < 1.29 is 17.6 Å². The molecule has 0 radical (unpaired) electrons. The molecule has 2 aromatic rings. The van der Waals surface area contributed by atoms with Crippen molar-refractivity contribution in [3.63, 3.8) is 0 Å². The summed E-state index contributed by atoms with van der Waals surface area (Å²) in [5, 5.41) is 5.94. The highest BCUT2D eigenvalue weighted by molar-refractivity contribution is 7.89. The first-order valence-electron chi connectivity index (χ1n) is 8.76. The molecule has 2 aromatic carbocycles. The van der Waals surface area contributed by atoms with E-state index in [-0.39, 0.29) is 17.0 Å². The number of anilines is 1. The molecule has 144 valence electrons. The van der Waals surface area contributed by atoms with Gasteiger partial charge in [-0.1, -0.05) is 0 Å². The van der Waals surface area contributed by atoms with Crippen molar-refractivity contribution in [2.45, 2.75) is 36.7 Å². The second-order valence-electron chi connectivity index (χ2n) is 6.68. The summed E-state index contributed by atoms with van der Waals surface area (Å²) < 4.78 is 40.7. The lowest BCUT2D eigenvalue weighted by molar-refractivity contribution is 0.102. The predicted octanol–water partition coefficient (Wildman–Crippen LogP) is 2.50. The number of carbonyl (C=O) groups is 1. The molecule has 2 atom stereocenters. The third-order valence-corrected chi connectivity index (χ3v) is 6.01. The van der Waals surface area contributed by atoms with Crippen LogP contribution in [0.2, 0.25) is 0 Å². The first-order chi connectivity index (χ1) is 12.8. The fraction of sp³-hybridized carbons (Fsp3) is 0.316. The van der Waals surface area contributed by atoms with E-state index in [1.165, 1.54) is 48.5 Å². The summed E-state index contributed by atoms with van der Waals surface area (Å²) in [5.74, 6) is -0.816. The molecule has 3 rings (SSSR count). The van der Waals surface area contributed by atoms with E-state index >= 15 is 0 Å². The van der Waals surface area contributed by atoms with Crippen molar-refractivity contribution in [2.24, 2.45) is 0 Å². The Morgan fingerprint density at radius 1 is 1.11 bits per heavy atom. The zero-order valence-electron chi connectivity index (χ0n) is 14.9. The molecular weight excluding hydrogens is 369 g/mol. The standard InChI is InChI=1S/C19H22FN3O3S/c1-13-12-17(10-11-21-13)23-27(25,26)18-8-6-16(7-9-18)22-19(24)14-2-4-15(20)5-3-14/h2-9,13,17,21,23H,10-12H2,1H3,(H,22,24). The Morgan fingerprint density at radius 3 is 2.41 bits per heavy atom. The summed E-state index contributed by atoms with van der Waals surface area (Å²) in [4.78, 5) is 12.3. The number of nitrogens with one attached hydrogen (secondary N) is 3. The Labute approximate surface area is 158 Å². The Balaban J connectivity index is 1.65. The van der Waals surface area contributed by atoms with Gasteiger partial charge in [0.05, 0.1) is 4.90 Å². The monoisotopic (exact) mass is 391 g/mol. The van der Waals surface area contributed by atoms with Gasteiger partial charge in [0.1, 0.15) is 5.82 Å². The molecule has 0 saturated carbocycles. The fourth-order valence-corrected chi connectivity index (χ4v) is 4.33. The lowest BCUT2D eigenvalue weighted by Crippen LogP contribution is -2.46. The molecule has 0 bridgehead atoms. The van der Waals surface area contributed by atoms with Crippen LogP contribution in [-0.2, 0) is 10.0 Å². The first kappa shape index (κ1) is 19.5. The van der Waals surface area contributed by atoms with Gasteiger partial charge in [-0.15, -0.1) is 0 Å². The maximum atomic E-state index is 12.9. The lowest BCUT2D eigenvalue weighted by Gasteiger charge is -2.28. The molecule has 27 heavy (non-hydrogen) atoms. The van der Waals surface area contributed by atoms with Gasteiger partial charge in [-0.3, -0.25) is 4.79 Å². The topological polar surface area (TPSA) is 87.3 Å². The highest BCUT2D eigenvalue weighted by Crippen LogP contribution is 2.17. The summed E-state index contributed by atoms with van der Waals surface area (Å²) in [6.07, 6.45) is 1.49. The maximum absolute atomic E-state index is 12.9. The summed E-state index contributed by atoms with van der Waals surface area (Å²) in [5.41, 5.74) is 0.772. The number of benzene rings is 2. The van der Waals surface area contributed by atoms with Crippen LogP contribution in [0, 0.1) is 5.82 Å². The maximum Gasteiger partial charge on any atom is 0.255 e. The molecule has 1 aliphatic rings. The molecule has 1 aliphatic heterocycles. The smallest absolute Gasteiger partial charge is 0.255 e. The van der Waals surface area contributed by atoms with Crippen LogP contribution in [0.1, 0.15) is 30.1 Å². The molecule has 3 N–H and O–H groups in total. The number of hydrogen-bond acceptors (Lipinski definition) is 4. The third-order valence-electron chi connectivity index (χ3n) is 4.47. The third kappa shape index (κ3) is 5.12. The van der Waals surface area contributed by atoms with E-state index in [1.807, 2.05) is 6.92 Å². The number of sulfonamides is 1. The molecule has 0 aromatic heterocycles. The number of hydrogen-bond donors (Lipinski definition) is 3. The van der Waals surface area contributed by atoms with E-state index in [2.05, 4.69) is 15.4 Å². The van der Waals surface area contributed by atoms with Gasteiger partial charge >= 0.3 is 0 Å². The first-order valence-corrected chi connectivity index (χ1v) is 10.2. The molecular formula is C19H22FN3O3S. The quantitative estimate of drug-likeness (QED) is 0.731. The van der Waals surface area contributed by atoms with Gasteiger partial charge in [-0.25, -0.2) is 17.5 Å². The fourth-order valence-electron chi connectivity index (χ4n) is 3.05. The van der Waals surface area contributed by atoms with Gasteiger partial charge in [-0.05, 0) is 74.8 Å². The van der Waals surface area contributed by atoms with Crippen LogP contribution in [0.4, 0.5) is 10.1 Å². The van der Waals surface area contributed by atoms with Crippen LogP contribution in [0.3, 0.4) is 0 Å². The normalized spacial score (nSPS) is 20.2. The number of halogens is 1. The van der Waals surface area contributed by atoms with E-state index in [1.54, 1.807) is 0 Å². The molecule has 1 heterocycles. The summed E-state index contributed by atoms with van der Waals surface area (Å²) >= 11 is 0. The largest absolute Gasteiger partial charge is 0.322 e. The van der Waals surface area contributed by atoms with Gasteiger partial charge in [0.25, 0.3) is 5.91 Å². The van der Waals surface area contributed by atoms with Crippen molar-refractivity contribution in [1.29, 1.82) is 0 Å². The van der Waals surface area contributed by atoms with E-state index < -0.39 is 21.7 Å². The zero-order chi connectivity index (χ0) is 19.4. The number of piperidine rings is 1. The van der Waals surface area contributed by atoms with Crippen LogP contribution in [0.5, 0.6) is 0 Å². The second-order valence-corrected chi connectivity index (χ2v) is 8.40. The van der Waals surface area contributed by atoms with Gasteiger partial charge in [0.2, 0.25) is 10.0 Å². The molecule has 0 aliphatic carbocycles. The Hall–Kier alpha value is -2.29. The zero-order valence-corrected chi connectivity index (χ0v) is 15.7. The number of carbonyl (C=O) groups excluding carboxylic acids is 1. The molecule has 1 amide bonds. The Morgan fingerprint density at radius 2 is 1.78 bits per heavy atom. The second kappa shape index (κ2) is 8.16. The molecule has 1 saturated heterocycles. The van der Waals surface area contributed by atoms with E-state index in [9.17, 15) is 17.6 Å². The summed E-state index contributed by atoms with van der Waals surface area (Å²) in [6, 6.07) is 11.3. The Bertz CT molecular complexity index is 899. The van der Waals surface area contributed by atoms with Crippen molar-refractivity contribution in [3.05, 3.63) is 59.9 Å². The minimum Gasteiger partial charge on any atom is -0.322 e. The van der Waals surface area contributed by atoms with Crippen molar-refractivity contribution in [1.82, 2.24) is 10.0 Å². The van der Waals surface area contributed by atoms with Gasteiger partial charge in [-0.2, -0.15) is 0 Å². The van der Waals surface area contributed by atoms with Gasteiger partial charge in [0, 0.05) is 23.3 Å². The van der Waals surface area contributed by atoms with Crippen molar-refractivity contribution in [3.8, 4) is 0 Å². The highest BCUT2D eigenvalue weighted by Gasteiger charge is 2.24. The van der Waals surface area contributed by atoms with Crippen LogP contribution >= 0.6 is 0 Å². The molecule has 6 nitrogen and oxygen atoms in total. The van der Waals surface area contributed by atoms with E-state index in [0.29, 0.717) is 11.3 Å². The van der Waals surface area contributed by atoms with Crippen molar-refractivity contribution >= 4 is 21.6 Å². The molecule has 1 fully saturated rings. The molecule has 2 unspecified atom stereocenters. The minimum absolute atomic E-state index is 0.0934. The number of rotatable bonds is 5. The predicted molar refractivity (Wildman–Crippen MR) is 102 cm³/mol. The van der Waals surface area contributed by atoms with Crippen molar-refractivity contribution in [2.75, 3.05) is 11.9 Å². The summed E-state index contributed by atoms with van der Waals surface area (Å²) in [6.45, 7) is 2.81. The molecule has 8 heteroatoms. The Kier molecular flexibility index (Phi) is 5.88. The van der Waals surface area contributed by atoms with Crippen LogP contribution in [0.25, 0.3) is 0 Å². The minimum atomic E-state index is -3.62. The SMILES string of the molecule is CC1CC(NS(=O)(=O)c2ccc(NC(=O)c3ccc(F)cc3)cc2)CCN1. The lowest BCUT2D eigenvalue weighted by atomic mass is 10.0. The van der Waals surface area contributed by atoms with Gasteiger partial charge in [0.15, 0.2) is 0 Å². The number of amides is 1. The van der Waals surface area contributed by atoms with Crippen LogP contribution in [-0.4, -0.2) is 33.0 Å². The van der Waals surface area contributed by atoms with E-state index in [4.69, 9.17) is 0 Å².